The van der Waals surface area contributed by atoms with E-state index in [9.17, 15) is 9.18 Å². The molecule has 0 atom stereocenters. The Morgan fingerprint density at radius 2 is 2.05 bits per heavy atom. The highest BCUT2D eigenvalue weighted by atomic mass is 35.5. The SMILES string of the molecule is O=C(O)c1cc(F)cnc1Nc1ccc(Cl)cc1Cl. The van der Waals surface area contributed by atoms with Crippen molar-refractivity contribution < 1.29 is 14.3 Å². The number of anilines is 2. The summed E-state index contributed by atoms with van der Waals surface area (Å²) in [6, 6.07) is 5.53. The first-order valence-electron chi connectivity index (χ1n) is 5.08. The van der Waals surface area contributed by atoms with Crippen LogP contribution in [0.2, 0.25) is 10.0 Å². The Morgan fingerprint density at radius 3 is 2.68 bits per heavy atom. The molecule has 0 unspecified atom stereocenters. The fraction of sp³-hybridized carbons (Fsp3) is 0. The molecule has 2 rings (SSSR count). The third-order valence-corrected chi connectivity index (χ3v) is 2.82. The van der Waals surface area contributed by atoms with Crippen molar-refractivity contribution in [3.63, 3.8) is 0 Å². The van der Waals surface area contributed by atoms with E-state index >= 15 is 0 Å². The normalized spacial score (nSPS) is 10.3. The van der Waals surface area contributed by atoms with Crippen molar-refractivity contribution in [2.75, 3.05) is 5.32 Å². The molecule has 0 aliphatic carbocycles. The second-order valence-electron chi connectivity index (χ2n) is 3.60. The third kappa shape index (κ3) is 3.13. The molecule has 4 nitrogen and oxygen atoms in total. The van der Waals surface area contributed by atoms with Gasteiger partial charge in [0.15, 0.2) is 0 Å². The molecule has 0 fully saturated rings. The highest BCUT2D eigenvalue weighted by Crippen LogP contribution is 2.28. The second-order valence-corrected chi connectivity index (χ2v) is 4.45. The van der Waals surface area contributed by atoms with Crippen molar-refractivity contribution in [2.24, 2.45) is 0 Å². The Hall–Kier alpha value is -1.85. The Bertz CT molecular complexity index is 650. The molecule has 1 heterocycles. The molecule has 0 aliphatic heterocycles. The van der Waals surface area contributed by atoms with Crippen LogP contribution in [0, 0.1) is 5.82 Å². The summed E-state index contributed by atoms with van der Waals surface area (Å²) < 4.78 is 13.0. The average molecular weight is 301 g/mol. The van der Waals surface area contributed by atoms with Gasteiger partial charge in [-0.15, -0.1) is 0 Å². The van der Waals surface area contributed by atoms with E-state index in [-0.39, 0.29) is 11.4 Å². The van der Waals surface area contributed by atoms with Gasteiger partial charge in [0, 0.05) is 5.02 Å². The van der Waals surface area contributed by atoms with Crippen molar-refractivity contribution in [2.45, 2.75) is 0 Å². The maximum atomic E-state index is 13.0. The maximum Gasteiger partial charge on any atom is 0.339 e. The van der Waals surface area contributed by atoms with Crippen LogP contribution < -0.4 is 5.32 Å². The number of hydrogen-bond donors (Lipinski definition) is 2. The number of pyridine rings is 1. The molecule has 7 heteroatoms. The summed E-state index contributed by atoms with van der Waals surface area (Å²) in [6.45, 7) is 0. The van der Waals surface area contributed by atoms with Crippen LogP contribution in [0.15, 0.2) is 30.5 Å². The lowest BCUT2D eigenvalue weighted by Gasteiger charge is -2.10. The van der Waals surface area contributed by atoms with Gasteiger partial charge >= 0.3 is 5.97 Å². The lowest BCUT2D eigenvalue weighted by molar-refractivity contribution is 0.0697. The predicted molar refractivity (Wildman–Crippen MR) is 70.9 cm³/mol. The van der Waals surface area contributed by atoms with E-state index in [1.165, 1.54) is 6.07 Å². The molecule has 1 aromatic heterocycles. The van der Waals surface area contributed by atoms with E-state index < -0.39 is 11.8 Å². The molecule has 0 spiro atoms. The summed E-state index contributed by atoms with van der Waals surface area (Å²) in [4.78, 5) is 14.7. The molecule has 0 radical (unpaired) electrons. The molecule has 1 aromatic carbocycles. The zero-order valence-electron chi connectivity index (χ0n) is 9.32. The Kier molecular flexibility index (Phi) is 3.87. The minimum absolute atomic E-state index is 0.00174. The van der Waals surface area contributed by atoms with Gasteiger partial charge < -0.3 is 10.4 Å². The van der Waals surface area contributed by atoms with Gasteiger partial charge in [-0.05, 0) is 24.3 Å². The van der Waals surface area contributed by atoms with E-state index in [2.05, 4.69) is 10.3 Å². The van der Waals surface area contributed by atoms with Crippen molar-refractivity contribution in [3.05, 3.63) is 51.9 Å². The molecule has 2 aromatic rings. The van der Waals surface area contributed by atoms with E-state index in [4.69, 9.17) is 28.3 Å². The van der Waals surface area contributed by atoms with Gasteiger partial charge in [-0.2, -0.15) is 0 Å². The molecule has 0 saturated heterocycles. The Balaban J connectivity index is 2.40. The smallest absolute Gasteiger partial charge is 0.339 e. The van der Waals surface area contributed by atoms with Crippen molar-refractivity contribution in [1.29, 1.82) is 0 Å². The first-order chi connectivity index (χ1) is 8.97. The average Bonchev–Trinajstić information content (AvgIpc) is 2.34. The number of hydrogen-bond acceptors (Lipinski definition) is 3. The van der Waals surface area contributed by atoms with Crippen LogP contribution in [0.4, 0.5) is 15.9 Å². The van der Waals surface area contributed by atoms with Crippen molar-refractivity contribution in [1.82, 2.24) is 4.98 Å². The van der Waals surface area contributed by atoms with Crippen LogP contribution in [0.3, 0.4) is 0 Å². The zero-order chi connectivity index (χ0) is 14.0. The van der Waals surface area contributed by atoms with Crippen molar-refractivity contribution >= 4 is 40.7 Å². The summed E-state index contributed by atoms with van der Waals surface area (Å²) in [5.41, 5.74) is 0.138. The van der Waals surface area contributed by atoms with Gasteiger partial charge in [-0.3, -0.25) is 0 Å². The number of carboxylic acids is 1. The maximum absolute atomic E-state index is 13.0. The minimum Gasteiger partial charge on any atom is -0.478 e. The summed E-state index contributed by atoms with van der Waals surface area (Å²) in [5.74, 6) is -2.03. The van der Waals surface area contributed by atoms with Gasteiger partial charge in [0.2, 0.25) is 0 Å². The standard InChI is InChI=1S/C12H7Cl2FN2O2/c13-6-1-2-10(9(14)3-6)17-11-8(12(18)19)4-7(15)5-16-11/h1-5H,(H,16,17)(H,18,19). The first-order valence-corrected chi connectivity index (χ1v) is 5.84. The fourth-order valence-corrected chi connectivity index (χ4v) is 1.88. The number of nitrogens with zero attached hydrogens (tertiary/aromatic N) is 1. The number of carboxylic acid groups (broad SMARTS) is 1. The largest absolute Gasteiger partial charge is 0.478 e. The van der Waals surface area contributed by atoms with Crippen molar-refractivity contribution in [3.8, 4) is 0 Å². The number of halogens is 3. The van der Waals surface area contributed by atoms with Gasteiger partial charge in [0.25, 0.3) is 0 Å². The van der Waals surface area contributed by atoms with Gasteiger partial charge in [-0.25, -0.2) is 14.2 Å². The van der Waals surface area contributed by atoms with Crippen LogP contribution >= 0.6 is 23.2 Å². The van der Waals surface area contributed by atoms with Crippen LogP contribution in [0.5, 0.6) is 0 Å². The topological polar surface area (TPSA) is 62.2 Å². The number of aromatic nitrogens is 1. The number of nitrogens with one attached hydrogen (secondary N) is 1. The quantitative estimate of drug-likeness (QED) is 0.900. The number of carbonyl (C=O) groups is 1. The summed E-state index contributed by atoms with van der Waals surface area (Å²) in [7, 11) is 0. The van der Waals surface area contributed by atoms with Crippen LogP contribution in [0.25, 0.3) is 0 Å². The zero-order valence-corrected chi connectivity index (χ0v) is 10.8. The summed E-state index contributed by atoms with van der Waals surface area (Å²) >= 11 is 11.7. The highest BCUT2D eigenvalue weighted by molar-refractivity contribution is 6.36. The van der Waals surface area contributed by atoms with E-state index in [0.717, 1.165) is 12.3 Å². The highest BCUT2D eigenvalue weighted by Gasteiger charge is 2.14. The third-order valence-electron chi connectivity index (χ3n) is 2.27. The lowest BCUT2D eigenvalue weighted by Crippen LogP contribution is -2.05. The predicted octanol–water partition coefficient (Wildman–Crippen LogP) is 3.97. The summed E-state index contributed by atoms with van der Waals surface area (Å²) in [5, 5.41) is 12.5. The minimum atomic E-state index is -1.29. The molecular formula is C12H7Cl2FN2O2. The molecule has 98 valence electrons. The first kappa shape index (κ1) is 13.6. The molecule has 0 amide bonds. The van der Waals surface area contributed by atoms with Gasteiger partial charge in [-0.1, -0.05) is 23.2 Å². The van der Waals surface area contributed by atoms with E-state index in [1.54, 1.807) is 12.1 Å². The number of rotatable bonds is 3. The lowest BCUT2D eigenvalue weighted by atomic mass is 10.2. The molecule has 0 saturated carbocycles. The number of aromatic carboxylic acids is 1. The molecule has 0 aliphatic rings. The number of benzene rings is 1. The second kappa shape index (κ2) is 5.42. The van der Waals surface area contributed by atoms with Crippen LogP contribution in [-0.2, 0) is 0 Å². The Labute approximate surface area is 117 Å². The summed E-state index contributed by atoms with van der Waals surface area (Å²) in [6.07, 6.45) is 0.915. The van der Waals surface area contributed by atoms with Gasteiger partial charge in [0.05, 0.1) is 16.9 Å². The Morgan fingerprint density at radius 1 is 1.32 bits per heavy atom. The monoisotopic (exact) mass is 300 g/mol. The van der Waals surface area contributed by atoms with Crippen LogP contribution in [0.1, 0.15) is 10.4 Å². The van der Waals surface area contributed by atoms with E-state index in [0.29, 0.717) is 15.7 Å². The molecule has 19 heavy (non-hydrogen) atoms. The fourth-order valence-electron chi connectivity index (χ4n) is 1.42. The molecule has 0 bridgehead atoms. The van der Waals surface area contributed by atoms with Gasteiger partial charge in [0.1, 0.15) is 17.2 Å². The van der Waals surface area contributed by atoms with E-state index in [1.807, 2.05) is 0 Å². The molecule has 2 N–H and O–H groups in total. The molecular weight excluding hydrogens is 294 g/mol. The van der Waals surface area contributed by atoms with Crippen LogP contribution in [-0.4, -0.2) is 16.1 Å².